The van der Waals surface area contributed by atoms with Crippen molar-refractivity contribution in [1.82, 2.24) is 15.5 Å². The van der Waals surface area contributed by atoms with E-state index < -0.39 is 0 Å². The van der Waals surface area contributed by atoms with Crippen molar-refractivity contribution in [2.75, 3.05) is 45.8 Å². The lowest BCUT2D eigenvalue weighted by Crippen LogP contribution is -2.43. The highest BCUT2D eigenvalue weighted by molar-refractivity contribution is 4.67. The van der Waals surface area contributed by atoms with Crippen molar-refractivity contribution in [2.24, 2.45) is 5.41 Å². The van der Waals surface area contributed by atoms with E-state index in [4.69, 9.17) is 0 Å². The Kier molecular flexibility index (Phi) is 7.09. The lowest BCUT2D eigenvalue weighted by Gasteiger charge is -2.27. The summed E-state index contributed by atoms with van der Waals surface area (Å²) >= 11 is 0. The molecular weight excluding hydrogens is 210 g/mol. The summed E-state index contributed by atoms with van der Waals surface area (Å²) in [4.78, 5) is 2.58. The third-order valence-electron chi connectivity index (χ3n) is 3.34. The van der Waals surface area contributed by atoms with E-state index in [2.05, 4.69) is 36.3 Å². The minimum atomic E-state index is 0.466. The monoisotopic (exact) mass is 241 g/mol. The molecule has 1 rings (SSSR count). The van der Waals surface area contributed by atoms with Gasteiger partial charge in [-0.2, -0.15) is 0 Å². The predicted octanol–water partition coefficient (Wildman–Crippen LogP) is 1.70. The number of nitrogens with zero attached hydrogens (tertiary/aromatic N) is 1. The van der Waals surface area contributed by atoms with Crippen LogP contribution in [0, 0.1) is 5.41 Å². The van der Waals surface area contributed by atoms with Gasteiger partial charge in [0.1, 0.15) is 0 Å². The van der Waals surface area contributed by atoms with Crippen LogP contribution in [0.1, 0.15) is 40.0 Å². The largest absolute Gasteiger partial charge is 0.317 e. The second-order valence-corrected chi connectivity index (χ2v) is 6.36. The summed E-state index contributed by atoms with van der Waals surface area (Å²) in [6.45, 7) is 15.3. The first kappa shape index (κ1) is 14.9. The zero-order valence-electron chi connectivity index (χ0n) is 12.0. The lowest BCUT2D eigenvalue weighted by molar-refractivity contribution is 0.236. The first-order valence-corrected chi connectivity index (χ1v) is 7.22. The summed E-state index contributed by atoms with van der Waals surface area (Å²) in [6, 6.07) is 0. The lowest BCUT2D eigenvalue weighted by atomic mass is 9.92. The van der Waals surface area contributed by atoms with Crippen LogP contribution in [0.15, 0.2) is 0 Å². The minimum Gasteiger partial charge on any atom is -0.317 e. The highest BCUT2D eigenvalue weighted by Gasteiger charge is 2.09. The van der Waals surface area contributed by atoms with Crippen LogP contribution in [-0.2, 0) is 0 Å². The predicted molar refractivity (Wildman–Crippen MR) is 75.5 cm³/mol. The average Bonchev–Trinajstić information content (AvgIpc) is 2.28. The number of hydrogen-bond donors (Lipinski definition) is 2. The fourth-order valence-corrected chi connectivity index (χ4v) is 2.11. The molecule has 1 aliphatic rings. The molecule has 0 unspecified atom stereocenters. The van der Waals surface area contributed by atoms with Gasteiger partial charge in [0.2, 0.25) is 0 Å². The molecule has 0 aliphatic carbocycles. The maximum atomic E-state index is 3.55. The van der Waals surface area contributed by atoms with Gasteiger partial charge in [0.25, 0.3) is 0 Å². The van der Waals surface area contributed by atoms with Gasteiger partial charge in [0, 0.05) is 26.2 Å². The average molecular weight is 241 g/mol. The normalized spacial score (nSPS) is 18.5. The molecule has 102 valence electrons. The summed E-state index contributed by atoms with van der Waals surface area (Å²) < 4.78 is 0. The molecule has 1 aliphatic heterocycles. The molecule has 0 aromatic carbocycles. The topological polar surface area (TPSA) is 27.3 Å². The second-order valence-electron chi connectivity index (χ2n) is 6.36. The number of unbranched alkanes of at least 4 members (excludes halogenated alkanes) is 1. The molecular formula is C14H31N3. The van der Waals surface area contributed by atoms with Gasteiger partial charge in [0.05, 0.1) is 0 Å². The zero-order chi connectivity index (χ0) is 12.6. The highest BCUT2D eigenvalue weighted by Crippen LogP contribution is 2.16. The third-order valence-corrected chi connectivity index (χ3v) is 3.34. The summed E-state index contributed by atoms with van der Waals surface area (Å²) in [7, 11) is 0. The van der Waals surface area contributed by atoms with Gasteiger partial charge in [-0.05, 0) is 44.3 Å². The Morgan fingerprint density at radius 2 is 1.76 bits per heavy atom. The highest BCUT2D eigenvalue weighted by atomic mass is 15.2. The van der Waals surface area contributed by atoms with Crippen molar-refractivity contribution >= 4 is 0 Å². The minimum absolute atomic E-state index is 0.466. The summed E-state index contributed by atoms with van der Waals surface area (Å²) in [5, 5.41) is 6.94. The Hall–Kier alpha value is -0.120. The van der Waals surface area contributed by atoms with Crippen molar-refractivity contribution in [2.45, 2.75) is 40.0 Å². The van der Waals surface area contributed by atoms with Crippen molar-refractivity contribution in [1.29, 1.82) is 0 Å². The van der Waals surface area contributed by atoms with Gasteiger partial charge in [-0.1, -0.05) is 20.8 Å². The van der Waals surface area contributed by atoms with E-state index >= 15 is 0 Å². The van der Waals surface area contributed by atoms with Gasteiger partial charge in [-0.3, -0.25) is 0 Å². The Balaban J connectivity index is 1.84. The molecule has 0 aromatic rings. The molecule has 0 bridgehead atoms. The molecule has 17 heavy (non-hydrogen) atoms. The Morgan fingerprint density at radius 3 is 2.41 bits per heavy atom. The molecule has 1 heterocycles. The third kappa shape index (κ3) is 8.58. The van der Waals surface area contributed by atoms with Crippen LogP contribution >= 0.6 is 0 Å². The number of hydrogen-bond acceptors (Lipinski definition) is 3. The van der Waals surface area contributed by atoms with Crippen LogP contribution in [0.4, 0.5) is 0 Å². The molecule has 0 radical (unpaired) electrons. The first-order valence-electron chi connectivity index (χ1n) is 7.22. The summed E-state index contributed by atoms with van der Waals surface area (Å²) in [5.41, 5.74) is 0.466. The van der Waals surface area contributed by atoms with Crippen LogP contribution in [0.2, 0.25) is 0 Å². The van der Waals surface area contributed by atoms with Crippen LogP contribution in [0.3, 0.4) is 0 Å². The number of piperazine rings is 1. The summed E-state index contributed by atoms with van der Waals surface area (Å²) in [5.74, 6) is 0. The first-order chi connectivity index (χ1) is 8.08. The van der Waals surface area contributed by atoms with Crippen molar-refractivity contribution in [3.05, 3.63) is 0 Å². The smallest absolute Gasteiger partial charge is 0.0107 e. The van der Waals surface area contributed by atoms with Gasteiger partial charge in [-0.25, -0.2) is 0 Å². The standard InChI is InChI=1S/C14H31N3/c1-14(2,3)6-8-15-7-4-5-11-17-12-9-16-10-13-17/h15-16H,4-13H2,1-3H3. The molecule has 3 heteroatoms. The van der Waals surface area contributed by atoms with Crippen LogP contribution in [0.5, 0.6) is 0 Å². The number of nitrogens with one attached hydrogen (secondary N) is 2. The molecule has 0 amide bonds. The van der Waals surface area contributed by atoms with E-state index in [0.29, 0.717) is 5.41 Å². The zero-order valence-corrected chi connectivity index (χ0v) is 12.0. The van der Waals surface area contributed by atoms with Crippen molar-refractivity contribution in [3.8, 4) is 0 Å². The molecule has 0 aromatic heterocycles. The van der Waals surface area contributed by atoms with E-state index in [1.54, 1.807) is 0 Å². The van der Waals surface area contributed by atoms with Crippen LogP contribution in [0.25, 0.3) is 0 Å². The van der Waals surface area contributed by atoms with Crippen LogP contribution < -0.4 is 10.6 Å². The van der Waals surface area contributed by atoms with E-state index in [-0.39, 0.29) is 0 Å². The molecule has 1 saturated heterocycles. The molecule has 0 spiro atoms. The quantitative estimate of drug-likeness (QED) is 0.664. The van der Waals surface area contributed by atoms with Crippen molar-refractivity contribution in [3.63, 3.8) is 0 Å². The molecule has 1 fully saturated rings. The molecule has 0 saturated carbocycles. The molecule has 0 atom stereocenters. The Morgan fingerprint density at radius 1 is 1.06 bits per heavy atom. The van der Waals surface area contributed by atoms with E-state index in [1.165, 1.54) is 58.5 Å². The molecule has 2 N–H and O–H groups in total. The molecule has 3 nitrogen and oxygen atoms in total. The van der Waals surface area contributed by atoms with E-state index in [9.17, 15) is 0 Å². The SMILES string of the molecule is CC(C)(C)CCNCCCCN1CCNCC1. The maximum Gasteiger partial charge on any atom is 0.0107 e. The van der Waals surface area contributed by atoms with Gasteiger partial charge in [-0.15, -0.1) is 0 Å². The number of rotatable bonds is 7. The fraction of sp³-hybridized carbons (Fsp3) is 1.00. The van der Waals surface area contributed by atoms with Crippen molar-refractivity contribution < 1.29 is 0 Å². The van der Waals surface area contributed by atoms with Crippen LogP contribution in [-0.4, -0.2) is 50.7 Å². The van der Waals surface area contributed by atoms with Gasteiger partial charge < -0.3 is 15.5 Å². The fourth-order valence-electron chi connectivity index (χ4n) is 2.11. The maximum absolute atomic E-state index is 3.55. The van der Waals surface area contributed by atoms with E-state index in [0.717, 1.165) is 6.54 Å². The second kappa shape index (κ2) is 8.06. The van der Waals surface area contributed by atoms with E-state index in [1.807, 2.05) is 0 Å². The summed E-state index contributed by atoms with van der Waals surface area (Å²) in [6.07, 6.45) is 3.92. The van der Waals surface area contributed by atoms with Gasteiger partial charge in [0.15, 0.2) is 0 Å². The Bertz CT molecular complexity index is 180. The van der Waals surface area contributed by atoms with Gasteiger partial charge >= 0.3 is 0 Å². The Labute approximate surface area is 107 Å².